The van der Waals surface area contributed by atoms with E-state index in [4.69, 9.17) is 14.2 Å². The predicted octanol–water partition coefficient (Wildman–Crippen LogP) is 21.9. The Kier molecular flexibility index (Phi) is 60.3. The molecule has 0 radical (unpaired) electrons. The number of esters is 3. The van der Waals surface area contributed by atoms with Crippen LogP contribution in [0, 0.1) is 0 Å². The number of hydrogen-bond acceptors (Lipinski definition) is 6. The van der Waals surface area contributed by atoms with Gasteiger partial charge in [0.25, 0.3) is 0 Å². The maximum Gasteiger partial charge on any atom is 0.306 e. The number of ether oxygens (including phenoxy) is 3. The number of carbonyl (C=O) groups excluding carboxylic acids is 3. The number of allylic oxidation sites excluding steroid dienone is 14. The van der Waals surface area contributed by atoms with Gasteiger partial charge in [-0.25, -0.2) is 0 Å². The first-order valence-corrected chi connectivity index (χ1v) is 32.1. The van der Waals surface area contributed by atoms with Gasteiger partial charge < -0.3 is 14.2 Å². The van der Waals surface area contributed by atoms with Gasteiger partial charge in [0.15, 0.2) is 6.10 Å². The van der Waals surface area contributed by atoms with Crippen molar-refractivity contribution >= 4 is 17.9 Å². The van der Waals surface area contributed by atoms with Crippen molar-refractivity contribution in [2.24, 2.45) is 0 Å². The third kappa shape index (κ3) is 61.3. The van der Waals surface area contributed by atoms with Crippen molar-refractivity contribution in [2.45, 2.75) is 322 Å². The summed E-state index contributed by atoms with van der Waals surface area (Å²) in [5.41, 5.74) is 0. The molecule has 1 atom stereocenters. The van der Waals surface area contributed by atoms with Crippen LogP contribution >= 0.6 is 0 Å². The standard InChI is InChI=1S/C69H120O6/c1-4-7-10-13-16-19-22-25-28-30-32-33-34-35-37-38-41-44-47-50-53-56-59-62-68(71)74-65-66(64-73-67(70)61-58-55-52-49-46-43-40-27-24-21-18-15-12-9-6-3)75-69(72)63-60-57-54-51-48-45-42-39-36-31-29-26-23-20-17-14-11-8-5-2/h17-18,20-22,25-27,29-30,32,36,39-40,66H,4-16,19,23-24,28,31,33-35,37-38,41-65H2,1-3H3/b20-17-,21-18-,25-22-,29-26-,32-30-,39-36-,40-27-. The van der Waals surface area contributed by atoms with Crippen molar-refractivity contribution in [3.63, 3.8) is 0 Å². The van der Waals surface area contributed by atoms with E-state index in [1.54, 1.807) is 0 Å². The summed E-state index contributed by atoms with van der Waals surface area (Å²) in [7, 11) is 0. The van der Waals surface area contributed by atoms with Gasteiger partial charge in [-0.1, -0.05) is 260 Å². The number of hydrogen-bond donors (Lipinski definition) is 0. The highest BCUT2D eigenvalue weighted by Crippen LogP contribution is 2.16. The lowest BCUT2D eigenvalue weighted by Crippen LogP contribution is -2.30. The maximum absolute atomic E-state index is 12.9. The fraction of sp³-hybridized carbons (Fsp3) is 0.754. The van der Waals surface area contributed by atoms with E-state index in [-0.39, 0.29) is 31.1 Å². The van der Waals surface area contributed by atoms with Crippen LogP contribution in [-0.2, 0) is 28.6 Å². The SMILES string of the molecule is CCCCC/C=C\C/C=C\C/C=C\CCCCCCCCC(=O)OC(COC(=O)CCCCCCC/C=C\C/C=C\CCCCC)COC(=O)CCCCCCCCCCCCC/C=C\C/C=C\CCCCCCC. The second-order valence-corrected chi connectivity index (χ2v) is 21.3. The monoisotopic (exact) mass is 1040 g/mol. The number of carbonyl (C=O) groups is 3. The van der Waals surface area contributed by atoms with E-state index in [2.05, 4.69) is 106 Å². The summed E-state index contributed by atoms with van der Waals surface area (Å²) in [5.74, 6) is -0.905. The van der Waals surface area contributed by atoms with E-state index < -0.39 is 6.10 Å². The van der Waals surface area contributed by atoms with Crippen LogP contribution in [0.3, 0.4) is 0 Å². The largest absolute Gasteiger partial charge is 0.462 e. The number of unbranched alkanes of at least 4 members (excludes halogenated alkanes) is 33. The van der Waals surface area contributed by atoms with Crippen molar-refractivity contribution in [3.05, 3.63) is 85.1 Å². The Morgan fingerprint density at radius 3 is 0.773 bits per heavy atom. The van der Waals surface area contributed by atoms with Crippen LogP contribution in [0.4, 0.5) is 0 Å². The van der Waals surface area contributed by atoms with E-state index in [0.717, 1.165) is 109 Å². The molecule has 0 aromatic heterocycles. The van der Waals surface area contributed by atoms with E-state index in [1.165, 1.54) is 167 Å². The molecule has 0 saturated heterocycles. The zero-order valence-electron chi connectivity index (χ0n) is 49.6. The molecule has 1 unspecified atom stereocenters. The molecule has 6 heteroatoms. The smallest absolute Gasteiger partial charge is 0.306 e. The quantitative estimate of drug-likeness (QED) is 0.0261. The molecular formula is C69H120O6. The Balaban J connectivity index is 4.38. The molecule has 0 aromatic rings. The minimum atomic E-state index is -0.792. The topological polar surface area (TPSA) is 78.9 Å². The van der Waals surface area contributed by atoms with Gasteiger partial charge in [0, 0.05) is 19.3 Å². The molecule has 432 valence electrons. The molecule has 0 fully saturated rings. The Morgan fingerprint density at radius 1 is 0.267 bits per heavy atom. The lowest BCUT2D eigenvalue weighted by atomic mass is 10.0. The van der Waals surface area contributed by atoms with Gasteiger partial charge in [-0.2, -0.15) is 0 Å². The van der Waals surface area contributed by atoms with Crippen molar-refractivity contribution in [3.8, 4) is 0 Å². The average Bonchev–Trinajstić information content (AvgIpc) is 3.41. The lowest BCUT2D eigenvalue weighted by molar-refractivity contribution is -0.167. The highest BCUT2D eigenvalue weighted by atomic mass is 16.6. The van der Waals surface area contributed by atoms with Gasteiger partial charge >= 0.3 is 17.9 Å². The van der Waals surface area contributed by atoms with E-state index in [9.17, 15) is 14.4 Å². The van der Waals surface area contributed by atoms with Crippen molar-refractivity contribution in [1.82, 2.24) is 0 Å². The molecule has 0 spiro atoms. The Hall–Kier alpha value is -3.41. The zero-order chi connectivity index (χ0) is 54.3. The molecule has 0 aromatic carbocycles. The van der Waals surface area contributed by atoms with E-state index >= 15 is 0 Å². The zero-order valence-corrected chi connectivity index (χ0v) is 49.6. The molecule has 0 aliphatic carbocycles. The van der Waals surface area contributed by atoms with Crippen LogP contribution in [0.2, 0.25) is 0 Å². The summed E-state index contributed by atoms with van der Waals surface area (Å²) in [6, 6.07) is 0. The van der Waals surface area contributed by atoms with Gasteiger partial charge in [0.1, 0.15) is 13.2 Å². The van der Waals surface area contributed by atoms with E-state index in [1.807, 2.05) is 0 Å². The van der Waals surface area contributed by atoms with Crippen molar-refractivity contribution < 1.29 is 28.6 Å². The maximum atomic E-state index is 12.9. The molecule has 0 aliphatic rings. The second kappa shape index (κ2) is 63.1. The molecule has 0 amide bonds. The molecule has 75 heavy (non-hydrogen) atoms. The van der Waals surface area contributed by atoms with Crippen LogP contribution < -0.4 is 0 Å². The highest BCUT2D eigenvalue weighted by molar-refractivity contribution is 5.71. The third-order valence-corrected chi connectivity index (χ3v) is 13.8. The fourth-order valence-corrected chi connectivity index (χ4v) is 8.98. The molecule has 0 saturated carbocycles. The summed E-state index contributed by atoms with van der Waals surface area (Å²) in [6.45, 7) is 6.58. The normalized spacial score (nSPS) is 12.6. The predicted molar refractivity (Wildman–Crippen MR) is 325 cm³/mol. The van der Waals surface area contributed by atoms with E-state index in [0.29, 0.717) is 19.3 Å². The molecule has 0 aliphatic heterocycles. The van der Waals surface area contributed by atoms with Crippen LogP contribution in [0.5, 0.6) is 0 Å². The van der Waals surface area contributed by atoms with Gasteiger partial charge in [0.2, 0.25) is 0 Å². The molecule has 0 N–H and O–H groups in total. The van der Waals surface area contributed by atoms with Gasteiger partial charge in [0.05, 0.1) is 0 Å². The Morgan fingerprint density at radius 2 is 0.480 bits per heavy atom. The second-order valence-electron chi connectivity index (χ2n) is 21.3. The first-order chi connectivity index (χ1) is 37.0. The Labute approximate surface area is 465 Å². The van der Waals surface area contributed by atoms with Gasteiger partial charge in [-0.3, -0.25) is 14.4 Å². The summed E-state index contributed by atoms with van der Waals surface area (Å²) in [5, 5.41) is 0. The van der Waals surface area contributed by atoms with Crippen LogP contribution in [0.25, 0.3) is 0 Å². The van der Waals surface area contributed by atoms with Gasteiger partial charge in [-0.05, 0) is 122 Å². The summed E-state index contributed by atoms with van der Waals surface area (Å²) in [6.07, 6.45) is 82.9. The average molecular weight is 1050 g/mol. The molecule has 0 heterocycles. The summed E-state index contributed by atoms with van der Waals surface area (Å²) < 4.78 is 16.9. The van der Waals surface area contributed by atoms with Crippen LogP contribution in [0.15, 0.2) is 85.1 Å². The summed E-state index contributed by atoms with van der Waals surface area (Å²) in [4.78, 5) is 38.3. The van der Waals surface area contributed by atoms with Gasteiger partial charge in [-0.15, -0.1) is 0 Å². The lowest BCUT2D eigenvalue weighted by Gasteiger charge is -2.18. The minimum absolute atomic E-state index is 0.0868. The van der Waals surface area contributed by atoms with Crippen molar-refractivity contribution in [2.75, 3.05) is 13.2 Å². The molecule has 6 nitrogen and oxygen atoms in total. The van der Waals surface area contributed by atoms with Crippen LogP contribution in [-0.4, -0.2) is 37.2 Å². The first-order valence-electron chi connectivity index (χ1n) is 32.1. The molecular weight excluding hydrogens is 925 g/mol. The first kappa shape index (κ1) is 71.6. The Bertz CT molecular complexity index is 1430. The third-order valence-electron chi connectivity index (χ3n) is 13.8. The number of rotatable bonds is 58. The van der Waals surface area contributed by atoms with Crippen molar-refractivity contribution in [1.29, 1.82) is 0 Å². The highest BCUT2D eigenvalue weighted by Gasteiger charge is 2.19. The minimum Gasteiger partial charge on any atom is -0.462 e. The fourth-order valence-electron chi connectivity index (χ4n) is 8.98. The molecule has 0 rings (SSSR count). The molecule has 0 bridgehead atoms. The summed E-state index contributed by atoms with van der Waals surface area (Å²) >= 11 is 0. The van der Waals surface area contributed by atoms with Crippen LogP contribution in [0.1, 0.15) is 316 Å².